The minimum Gasteiger partial charge on any atom is -0.388 e. The van der Waals surface area contributed by atoms with Crippen LogP contribution < -0.4 is 0 Å². The summed E-state index contributed by atoms with van der Waals surface area (Å²) < 4.78 is 5.55. The molecule has 22 heavy (non-hydrogen) atoms. The fraction of sp³-hybridized carbons (Fsp3) is 0.611. The molecule has 1 fully saturated rings. The van der Waals surface area contributed by atoms with Gasteiger partial charge in [0.2, 0.25) is 5.91 Å². The Bertz CT molecular complexity index is 473. The van der Waals surface area contributed by atoms with E-state index >= 15 is 0 Å². The Balaban J connectivity index is 1.81. The Kier molecular flexibility index (Phi) is 5.59. The van der Waals surface area contributed by atoms with Crippen LogP contribution in [0.4, 0.5) is 0 Å². The van der Waals surface area contributed by atoms with E-state index in [-0.39, 0.29) is 24.0 Å². The summed E-state index contributed by atoms with van der Waals surface area (Å²) in [4.78, 5) is 14.0. The van der Waals surface area contributed by atoms with Gasteiger partial charge in [0.15, 0.2) is 0 Å². The fourth-order valence-electron chi connectivity index (χ4n) is 2.76. The van der Waals surface area contributed by atoms with Crippen LogP contribution in [0.15, 0.2) is 30.3 Å². The highest BCUT2D eigenvalue weighted by molar-refractivity contribution is 5.77. The van der Waals surface area contributed by atoms with Gasteiger partial charge in [0.25, 0.3) is 0 Å². The molecule has 1 aliphatic rings. The average molecular weight is 305 g/mol. The van der Waals surface area contributed by atoms with Crippen LogP contribution in [0.2, 0.25) is 0 Å². The van der Waals surface area contributed by atoms with Crippen molar-refractivity contribution in [3.8, 4) is 0 Å². The number of ether oxygens (including phenoxy) is 1. The molecule has 1 amide bonds. The fourth-order valence-corrected chi connectivity index (χ4v) is 2.76. The van der Waals surface area contributed by atoms with Crippen LogP contribution in [0.1, 0.15) is 45.3 Å². The predicted octanol–water partition coefficient (Wildman–Crippen LogP) is 2.77. The number of carbonyl (C=O) groups is 1. The SMILES string of the molecule is CC(C)(C)OCC(=O)N1CCC(C(O)c2ccccc2)CC1. The number of benzene rings is 1. The van der Waals surface area contributed by atoms with Crippen LogP contribution in [0.3, 0.4) is 0 Å². The zero-order valence-electron chi connectivity index (χ0n) is 13.8. The maximum atomic E-state index is 12.1. The van der Waals surface area contributed by atoms with Crippen molar-refractivity contribution < 1.29 is 14.6 Å². The third-order valence-electron chi connectivity index (χ3n) is 4.11. The van der Waals surface area contributed by atoms with Gasteiger partial charge in [-0.05, 0) is 45.1 Å². The minimum absolute atomic E-state index is 0.0441. The number of hydrogen-bond acceptors (Lipinski definition) is 3. The van der Waals surface area contributed by atoms with E-state index in [0.717, 1.165) is 18.4 Å². The van der Waals surface area contributed by atoms with Crippen LogP contribution in [0.25, 0.3) is 0 Å². The third-order valence-corrected chi connectivity index (χ3v) is 4.11. The van der Waals surface area contributed by atoms with E-state index < -0.39 is 6.10 Å². The van der Waals surface area contributed by atoms with Gasteiger partial charge in [-0.25, -0.2) is 0 Å². The van der Waals surface area contributed by atoms with E-state index in [1.165, 1.54) is 0 Å². The summed E-state index contributed by atoms with van der Waals surface area (Å²) in [5.74, 6) is 0.262. The molecular weight excluding hydrogens is 278 g/mol. The number of hydrogen-bond donors (Lipinski definition) is 1. The molecule has 1 aliphatic heterocycles. The molecule has 1 aromatic carbocycles. The molecule has 4 nitrogen and oxygen atoms in total. The van der Waals surface area contributed by atoms with Gasteiger partial charge in [-0.3, -0.25) is 4.79 Å². The van der Waals surface area contributed by atoms with E-state index in [4.69, 9.17) is 4.74 Å². The third kappa shape index (κ3) is 4.82. The van der Waals surface area contributed by atoms with Crippen molar-refractivity contribution in [3.05, 3.63) is 35.9 Å². The molecule has 1 aromatic rings. The number of aliphatic hydroxyl groups is 1. The molecule has 122 valence electrons. The first-order valence-electron chi connectivity index (χ1n) is 8.01. The van der Waals surface area contributed by atoms with Crippen molar-refractivity contribution in [2.45, 2.75) is 45.3 Å². The van der Waals surface area contributed by atoms with Crippen LogP contribution in [0.5, 0.6) is 0 Å². The van der Waals surface area contributed by atoms with Crippen molar-refractivity contribution >= 4 is 5.91 Å². The first-order valence-corrected chi connectivity index (χ1v) is 8.01. The molecule has 0 aliphatic carbocycles. The molecule has 1 unspecified atom stereocenters. The second-order valence-electron chi connectivity index (χ2n) is 6.97. The van der Waals surface area contributed by atoms with Gasteiger partial charge in [0, 0.05) is 13.1 Å². The number of rotatable bonds is 4. The Hall–Kier alpha value is -1.39. The molecule has 1 N–H and O–H groups in total. The molecule has 0 saturated carbocycles. The normalized spacial score (nSPS) is 18.3. The summed E-state index contributed by atoms with van der Waals surface area (Å²) in [6.45, 7) is 7.37. The molecule has 1 atom stereocenters. The molecule has 2 rings (SSSR count). The lowest BCUT2D eigenvalue weighted by atomic mass is 9.87. The van der Waals surface area contributed by atoms with Crippen LogP contribution in [-0.2, 0) is 9.53 Å². The van der Waals surface area contributed by atoms with E-state index in [2.05, 4.69) is 0 Å². The maximum Gasteiger partial charge on any atom is 0.248 e. The molecule has 0 spiro atoms. The number of nitrogens with zero attached hydrogens (tertiary/aromatic N) is 1. The Labute approximate surface area is 133 Å². The summed E-state index contributed by atoms with van der Waals surface area (Å²) in [7, 11) is 0. The lowest BCUT2D eigenvalue weighted by Crippen LogP contribution is -2.42. The first-order chi connectivity index (χ1) is 10.4. The summed E-state index contributed by atoms with van der Waals surface area (Å²) in [5.41, 5.74) is 0.667. The second kappa shape index (κ2) is 7.25. The Morgan fingerprint density at radius 3 is 2.41 bits per heavy atom. The van der Waals surface area contributed by atoms with E-state index in [9.17, 15) is 9.90 Å². The largest absolute Gasteiger partial charge is 0.388 e. The Morgan fingerprint density at radius 2 is 1.86 bits per heavy atom. The minimum atomic E-state index is -0.440. The highest BCUT2D eigenvalue weighted by Gasteiger charge is 2.28. The van der Waals surface area contributed by atoms with E-state index in [0.29, 0.717) is 13.1 Å². The first kappa shape index (κ1) is 17.0. The number of aliphatic hydroxyl groups excluding tert-OH is 1. The van der Waals surface area contributed by atoms with Gasteiger partial charge in [0.1, 0.15) is 6.61 Å². The Morgan fingerprint density at radius 1 is 1.27 bits per heavy atom. The number of likely N-dealkylation sites (tertiary alicyclic amines) is 1. The van der Waals surface area contributed by atoms with E-state index in [1.54, 1.807) is 0 Å². The van der Waals surface area contributed by atoms with Crippen LogP contribution in [0, 0.1) is 5.92 Å². The summed E-state index contributed by atoms with van der Waals surface area (Å²) in [6.07, 6.45) is 1.22. The molecular formula is C18H27NO3. The molecule has 4 heteroatoms. The number of piperidine rings is 1. The number of carbonyl (C=O) groups excluding carboxylic acids is 1. The lowest BCUT2D eigenvalue weighted by Gasteiger charge is -2.35. The van der Waals surface area contributed by atoms with Crippen molar-refractivity contribution in [3.63, 3.8) is 0 Å². The van der Waals surface area contributed by atoms with Crippen molar-refractivity contribution in [1.29, 1.82) is 0 Å². The van der Waals surface area contributed by atoms with Crippen molar-refractivity contribution in [1.82, 2.24) is 4.90 Å². The zero-order chi connectivity index (χ0) is 16.2. The van der Waals surface area contributed by atoms with Crippen molar-refractivity contribution in [2.75, 3.05) is 19.7 Å². The van der Waals surface area contributed by atoms with Gasteiger partial charge in [-0.1, -0.05) is 30.3 Å². The highest BCUT2D eigenvalue weighted by Crippen LogP contribution is 2.30. The topological polar surface area (TPSA) is 49.8 Å². The zero-order valence-corrected chi connectivity index (χ0v) is 13.8. The second-order valence-corrected chi connectivity index (χ2v) is 6.97. The van der Waals surface area contributed by atoms with E-state index in [1.807, 2.05) is 56.0 Å². The van der Waals surface area contributed by atoms with Gasteiger partial charge in [-0.15, -0.1) is 0 Å². The molecule has 1 heterocycles. The molecule has 0 aromatic heterocycles. The van der Waals surface area contributed by atoms with Crippen molar-refractivity contribution in [2.24, 2.45) is 5.92 Å². The summed E-state index contributed by atoms with van der Waals surface area (Å²) in [6, 6.07) is 9.76. The summed E-state index contributed by atoms with van der Waals surface area (Å²) >= 11 is 0. The summed E-state index contributed by atoms with van der Waals surface area (Å²) in [5, 5.41) is 10.5. The maximum absolute atomic E-state index is 12.1. The molecule has 1 saturated heterocycles. The van der Waals surface area contributed by atoms with Gasteiger partial charge in [-0.2, -0.15) is 0 Å². The van der Waals surface area contributed by atoms with Crippen LogP contribution >= 0.6 is 0 Å². The van der Waals surface area contributed by atoms with Gasteiger partial charge in [0.05, 0.1) is 11.7 Å². The average Bonchev–Trinajstić information content (AvgIpc) is 2.52. The quantitative estimate of drug-likeness (QED) is 0.930. The van der Waals surface area contributed by atoms with Gasteiger partial charge < -0.3 is 14.7 Å². The predicted molar refractivity (Wildman–Crippen MR) is 86.4 cm³/mol. The van der Waals surface area contributed by atoms with Crippen LogP contribution in [-0.4, -0.2) is 41.2 Å². The number of amides is 1. The monoisotopic (exact) mass is 305 g/mol. The lowest BCUT2D eigenvalue weighted by molar-refractivity contribution is -0.143. The molecule has 0 radical (unpaired) electrons. The highest BCUT2D eigenvalue weighted by atomic mass is 16.5. The smallest absolute Gasteiger partial charge is 0.248 e. The van der Waals surface area contributed by atoms with Gasteiger partial charge >= 0.3 is 0 Å². The standard InChI is InChI=1S/C18H27NO3/c1-18(2,3)22-13-16(20)19-11-9-15(10-12-19)17(21)14-7-5-4-6-8-14/h4-8,15,17,21H,9-13H2,1-3H3. The molecule has 0 bridgehead atoms.